The summed E-state index contributed by atoms with van der Waals surface area (Å²) in [5, 5.41) is 4.38. The van der Waals surface area contributed by atoms with E-state index in [1.165, 1.54) is 21.9 Å². The third-order valence-electron chi connectivity index (χ3n) is 11.5. The second kappa shape index (κ2) is 14.5. The summed E-state index contributed by atoms with van der Waals surface area (Å²) in [6, 6.07) is 55.6. The van der Waals surface area contributed by atoms with E-state index in [0.717, 1.165) is 44.2 Å². The smallest absolute Gasteiger partial charge is 0.164 e. The molecule has 8 aromatic carbocycles. The number of benzene rings is 8. The Labute approximate surface area is 358 Å². The van der Waals surface area contributed by atoms with Gasteiger partial charge in [0.1, 0.15) is 50.4 Å². The van der Waals surface area contributed by atoms with Crippen molar-refractivity contribution < 1.29 is 4.42 Å². The lowest BCUT2D eigenvalue weighted by Crippen LogP contribution is -2.55. The highest BCUT2D eigenvalue weighted by Gasteiger charge is 2.19. The van der Waals surface area contributed by atoms with E-state index in [4.69, 9.17) is 58.6 Å². The summed E-state index contributed by atoms with van der Waals surface area (Å²) in [5.41, 5.74) is 11.7. The van der Waals surface area contributed by atoms with Crippen LogP contribution in [0.2, 0.25) is 0 Å². The van der Waals surface area contributed by atoms with Crippen LogP contribution in [0.1, 0.15) is 0 Å². The zero-order chi connectivity index (χ0) is 41.4. The molecule has 0 unspecified atom stereocenters. The van der Waals surface area contributed by atoms with Gasteiger partial charge in [0.05, 0.1) is 11.0 Å². The van der Waals surface area contributed by atoms with Gasteiger partial charge in [-0.15, -0.1) is 16.4 Å². The summed E-state index contributed by atoms with van der Waals surface area (Å²) in [4.78, 5) is 14.9. The van der Waals surface area contributed by atoms with Crippen LogP contribution in [0.5, 0.6) is 0 Å². The minimum atomic E-state index is 0.160. The zero-order valence-corrected chi connectivity index (χ0v) is 32.7. The number of rotatable bonds is 6. The van der Waals surface area contributed by atoms with Crippen molar-refractivity contribution in [3.05, 3.63) is 164 Å². The van der Waals surface area contributed by atoms with Crippen LogP contribution in [-0.4, -0.2) is 58.8 Å². The molecule has 0 aliphatic carbocycles. The molecule has 0 bridgehead atoms. The first-order valence-corrected chi connectivity index (χ1v) is 19.8. The molecule has 61 heavy (non-hydrogen) atoms. The molecule has 11 aromatic rings. The van der Waals surface area contributed by atoms with Crippen molar-refractivity contribution >= 4 is 110 Å². The Bertz CT molecular complexity index is 3520. The molecule has 0 saturated carbocycles. The van der Waals surface area contributed by atoms with Gasteiger partial charge in [-0.2, -0.15) is 0 Å². The van der Waals surface area contributed by atoms with Gasteiger partial charge in [-0.05, 0) is 70.8 Å². The molecule has 10 radical (unpaired) electrons. The molecule has 10 heteroatoms. The third kappa shape index (κ3) is 6.12. The summed E-state index contributed by atoms with van der Waals surface area (Å²) >= 11 is 0. The van der Waals surface area contributed by atoms with Crippen LogP contribution in [0, 0.1) is 0 Å². The molecule has 0 atom stereocenters. The maximum absolute atomic E-state index is 6.66. The maximum Gasteiger partial charge on any atom is 0.164 e. The Morgan fingerprint density at radius 1 is 0.344 bits per heavy atom. The van der Waals surface area contributed by atoms with Crippen molar-refractivity contribution in [2.24, 2.45) is 0 Å². The van der Waals surface area contributed by atoms with Crippen LogP contribution in [0.4, 0.5) is 0 Å². The second-order valence-corrected chi connectivity index (χ2v) is 15.1. The molecule has 3 aromatic heterocycles. The molecular formula is C51H27B5N4O. The van der Waals surface area contributed by atoms with Crippen molar-refractivity contribution in [2.45, 2.75) is 0 Å². The van der Waals surface area contributed by atoms with Gasteiger partial charge in [0.15, 0.2) is 17.5 Å². The molecule has 0 spiro atoms. The van der Waals surface area contributed by atoms with Crippen LogP contribution in [-0.2, 0) is 0 Å². The van der Waals surface area contributed by atoms with Crippen molar-refractivity contribution in [3.8, 4) is 62.1 Å². The number of nitrogens with zero attached hydrogens (tertiary/aromatic N) is 4. The average Bonchev–Trinajstić information content (AvgIpc) is 3.85. The topological polar surface area (TPSA) is 56.7 Å². The van der Waals surface area contributed by atoms with Gasteiger partial charge in [0.25, 0.3) is 0 Å². The maximum atomic E-state index is 6.66. The molecule has 0 aliphatic heterocycles. The normalized spacial score (nSPS) is 11.6. The van der Waals surface area contributed by atoms with Crippen LogP contribution in [0.3, 0.4) is 0 Å². The fourth-order valence-electron chi connectivity index (χ4n) is 8.43. The quantitative estimate of drug-likeness (QED) is 0.169. The molecule has 0 aliphatic rings. The molecule has 0 fully saturated rings. The van der Waals surface area contributed by atoms with Crippen molar-refractivity contribution in [3.63, 3.8) is 0 Å². The minimum absolute atomic E-state index is 0.160. The first kappa shape index (κ1) is 36.8. The van der Waals surface area contributed by atoms with E-state index in [1.807, 2.05) is 72.8 Å². The van der Waals surface area contributed by atoms with Gasteiger partial charge < -0.3 is 8.98 Å². The SMILES string of the molecule is [B]c1c([B])c([B])c(-c2cccc(-c3nc(-c4ccccc4)nc(-c4ccc5c(c4)oc4cc(-n6c7ccccc7c7cc(-c8ccccc8)ccc76)ccc45)n3)c2)c([B])c1[B]. The molecule has 0 saturated heterocycles. The fourth-order valence-corrected chi connectivity index (χ4v) is 8.43. The molecule has 0 amide bonds. The molecule has 11 rings (SSSR count). The summed E-state index contributed by atoms with van der Waals surface area (Å²) in [5.74, 6) is 1.45. The van der Waals surface area contributed by atoms with Crippen LogP contribution in [0.25, 0.3) is 106 Å². The van der Waals surface area contributed by atoms with E-state index in [0.29, 0.717) is 39.7 Å². The van der Waals surface area contributed by atoms with E-state index in [2.05, 4.69) is 95.6 Å². The third-order valence-corrected chi connectivity index (χ3v) is 11.5. The molecule has 3 heterocycles. The van der Waals surface area contributed by atoms with E-state index < -0.39 is 0 Å². The Balaban J connectivity index is 1.02. The fraction of sp³-hybridized carbons (Fsp3) is 0. The number of aromatic nitrogens is 4. The van der Waals surface area contributed by atoms with Gasteiger partial charge in [-0.25, -0.2) is 15.0 Å². The first-order chi connectivity index (χ1) is 29.8. The second-order valence-electron chi connectivity index (χ2n) is 15.1. The Hall–Kier alpha value is -7.31. The first-order valence-electron chi connectivity index (χ1n) is 19.8. The average molecular weight is 766 g/mol. The predicted octanol–water partition coefficient (Wildman–Crippen LogP) is 7.17. The van der Waals surface area contributed by atoms with Crippen LogP contribution < -0.4 is 27.3 Å². The molecular weight excluding hydrogens is 739 g/mol. The number of fused-ring (bicyclic) bond motifs is 6. The highest BCUT2D eigenvalue weighted by molar-refractivity contribution is 6.68. The van der Waals surface area contributed by atoms with Gasteiger partial charge >= 0.3 is 0 Å². The number of furan rings is 1. The number of para-hydroxylation sites is 1. The number of hydrogen-bond acceptors (Lipinski definition) is 4. The Morgan fingerprint density at radius 3 is 1.59 bits per heavy atom. The molecule has 5 nitrogen and oxygen atoms in total. The van der Waals surface area contributed by atoms with Gasteiger partial charge in [0.2, 0.25) is 0 Å². The summed E-state index contributed by atoms with van der Waals surface area (Å²) < 4.78 is 8.97. The van der Waals surface area contributed by atoms with Gasteiger partial charge in [-0.3, -0.25) is 0 Å². The van der Waals surface area contributed by atoms with E-state index in [-0.39, 0.29) is 27.3 Å². The number of hydrogen-bond donors (Lipinski definition) is 0. The Morgan fingerprint density at radius 2 is 0.869 bits per heavy atom. The summed E-state index contributed by atoms with van der Waals surface area (Å²) in [6.45, 7) is 0. The monoisotopic (exact) mass is 766 g/mol. The summed E-state index contributed by atoms with van der Waals surface area (Å²) in [6.07, 6.45) is 0. The highest BCUT2D eigenvalue weighted by Crippen LogP contribution is 2.38. The van der Waals surface area contributed by atoms with Crippen molar-refractivity contribution in [2.75, 3.05) is 0 Å². The highest BCUT2D eigenvalue weighted by atomic mass is 16.3. The van der Waals surface area contributed by atoms with E-state index in [1.54, 1.807) is 0 Å². The lowest BCUT2D eigenvalue weighted by atomic mass is 9.59. The minimum Gasteiger partial charge on any atom is -0.456 e. The molecule has 0 N–H and O–H groups in total. The standard InChI is InChI=1S/C51H27B5N4O/c52-44-43(45(53)47(55)48(56)46(44)54)31-14-9-15-32(24-31)50-57-49(29-12-5-2-6-13-29)58-51(59-50)33-18-21-36-37-22-20-34(27-42(37)61-41(36)26-33)60-39-17-8-7-16-35(39)38-25-30(19-23-40(38)60)28-10-3-1-4-11-28/h1-27H. The lowest BCUT2D eigenvalue weighted by molar-refractivity contribution is 0.668. The predicted molar refractivity (Wildman–Crippen MR) is 256 cm³/mol. The largest absolute Gasteiger partial charge is 0.456 e. The summed E-state index contributed by atoms with van der Waals surface area (Å²) in [7, 11) is 31.5. The zero-order valence-electron chi connectivity index (χ0n) is 32.7. The van der Waals surface area contributed by atoms with Crippen molar-refractivity contribution in [1.82, 2.24) is 19.5 Å². The lowest BCUT2D eigenvalue weighted by Gasteiger charge is -2.21. The van der Waals surface area contributed by atoms with Crippen molar-refractivity contribution in [1.29, 1.82) is 0 Å². The molecule has 272 valence electrons. The van der Waals surface area contributed by atoms with E-state index >= 15 is 0 Å². The van der Waals surface area contributed by atoms with E-state index in [9.17, 15) is 0 Å². The van der Waals surface area contributed by atoms with Crippen LogP contribution >= 0.6 is 0 Å². The van der Waals surface area contributed by atoms with Gasteiger partial charge in [-0.1, -0.05) is 120 Å². The van der Waals surface area contributed by atoms with Gasteiger partial charge in [0, 0.05) is 50.0 Å². The van der Waals surface area contributed by atoms with Crippen LogP contribution in [0.15, 0.2) is 168 Å². The Kier molecular flexibility index (Phi) is 8.71.